The average Bonchev–Trinajstić information content (AvgIpc) is 2.37. The quantitative estimate of drug-likeness (QED) is 0.715. The molecule has 0 fully saturated rings. The number of rotatable bonds is 8. The van der Waals surface area contributed by atoms with E-state index in [9.17, 15) is 4.39 Å². The molecule has 1 rings (SSSR count). The summed E-state index contributed by atoms with van der Waals surface area (Å²) in [5.41, 5.74) is 1.88. The van der Waals surface area contributed by atoms with Crippen molar-refractivity contribution in [2.45, 2.75) is 39.2 Å². The van der Waals surface area contributed by atoms with Crippen LogP contribution in [0.2, 0.25) is 0 Å². The number of benzene rings is 1. The van der Waals surface area contributed by atoms with E-state index >= 15 is 0 Å². The Kier molecular flexibility index (Phi) is 6.91. The largest absolute Gasteiger partial charge is 0.385 e. The van der Waals surface area contributed by atoms with Crippen molar-refractivity contribution in [1.82, 2.24) is 5.32 Å². The number of methoxy groups -OCH3 is 1. The summed E-state index contributed by atoms with van der Waals surface area (Å²) in [4.78, 5) is 0. The predicted octanol–water partition coefficient (Wildman–Crippen LogP) is 3.60. The van der Waals surface area contributed by atoms with Crippen molar-refractivity contribution in [2.75, 3.05) is 20.3 Å². The Bertz CT molecular complexity index is 354. The van der Waals surface area contributed by atoms with Crippen LogP contribution in [0.1, 0.15) is 43.4 Å². The van der Waals surface area contributed by atoms with Crippen molar-refractivity contribution in [3.63, 3.8) is 0 Å². The molecular formula is C15H24FNO. The fraction of sp³-hybridized carbons (Fsp3) is 0.600. The molecule has 0 aliphatic rings. The van der Waals surface area contributed by atoms with Gasteiger partial charge in [-0.2, -0.15) is 0 Å². The third-order valence-corrected chi connectivity index (χ3v) is 3.07. The van der Waals surface area contributed by atoms with Gasteiger partial charge in [0.2, 0.25) is 0 Å². The maximum Gasteiger partial charge on any atom is 0.126 e. The molecule has 3 heteroatoms. The highest BCUT2D eigenvalue weighted by molar-refractivity contribution is 5.26. The first-order valence-electron chi connectivity index (χ1n) is 6.67. The van der Waals surface area contributed by atoms with Gasteiger partial charge in [0, 0.05) is 19.8 Å². The zero-order valence-electron chi connectivity index (χ0n) is 11.6. The molecule has 0 radical (unpaired) electrons. The van der Waals surface area contributed by atoms with Crippen molar-refractivity contribution < 1.29 is 9.13 Å². The second-order valence-electron chi connectivity index (χ2n) is 4.65. The molecule has 1 unspecified atom stereocenters. The highest BCUT2D eigenvalue weighted by Gasteiger charge is 2.11. The Hall–Kier alpha value is -0.930. The second-order valence-corrected chi connectivity index (χ2v) is 4.65. The summed E-state index contributed by atoms with van der Waals surface area (Å²) >= 11 is 0. The zero-order valence-corrected chi connectivity index (χ0v) is 11.6. The molecule has 0 aliphatic heterocycles. The summed E-state index contributed by atoms with van der Waals surface area (Å²) < 4.78 is 18.4. The minimum absolute atomic E-state index is 0.134. The highest BCUT2D eigenvalue weighted by atomic mass is 19.1. The Morgan fingerprint density at radius 1 is 1.39 bits per heavy atom. The number of aryl methyl sites for hydroxylation is 1. The monoisotopic (exact) mass is 253 g/mol. The van der Waals surface area contributed by atoms with Gasteiger partial charge in [0.25, 0.3) is 0 Å². The summed E-state index contributed by atoms with van der Waals surface area (Å²) in [6, 6.07) is 5.67. The Labute approximate surface area is 110 Å². The van der Waals surface area contributed by atoms with Gasteiger partial charge in [-0.25, -0.2) is 4.39 Å². The van der Waals surface area contributed by atoms with Crippen LogP contribution in [0.4, 0.5) is 4.39 Å². The number of hydrogen-bond donors (Lipinski definition) is 1. The first kappa shape index (κ1) is 15.1. The summed E-state index contributed by atoms with van der Waals surface area (Å²) in [5, 5.41) is 3.51. The topological polar surface area (TPSA) is 21.3 Å². The van der Waals surface area contributed by atoms with Crippen LogP contribution in [0.25, 0.3) is 0 Å². The second kappa shape index (κ2) is 8.22. The van der Waals surface area contributed by atoms with Crippen LogP contribution in [0.5, 0.6) is 0 Å². The molecule has 0 saturated heterocycles. The van der Waals surface area contributed by atoms with Crippen LogP contribution < -0.4 is 5.32 Å². The third kappa shape index (κ3) is 4.75. The summed E-state index contributed by atoms with van der Waals surface area (Å²) in [6.07, 6.45) is 3.12. The van der Waals surface area contributed by atoms with E-state index in [2.05, 4.69) is 12.2 Å². The molecule has 0 aliphatic carbocycles. The SMILES string of the molecule is CCCNC(CCCOC)c1ccc(F)c(C)c1. The Morgan fingerprint density at radius 3 is 2.78 bits per heavy atom. The van der Waals surface area contributed by atoms with Gasteiger partial charge in [0.1, 0.15) is 5.82 Å². The van der Waals surface area contributed by atoms with E-state index < -0.39 is 0 Å². The van der Waals surface area contributed by atoms with Crippen molar-refractivity contribution >= 4 is 0 Å². The molecule has 1 atom stereocenters. The van der Waals surface area contributed by atoms with Crippen molar-refractivity contribution in [3.05, 3.63) is 35.1 Å². The van der Waals surface area contributed by atoms with Crippen molar-refractivity contribution in [3.8, 4) is 0 Å². The lowest BCUT2D eigenvalue weighted by Gasteiger charge is -2.19. The smallest absolute Gasteiger partial charge is 0.126 e. The lowest BCUT2D eigenvalue weighted by Crippen LogP contribution is -2.22. The van der Waals surface area contributed by atoms with Gasteiger partial charge in [0.05, 0.1) is 0 Å². The molecule has 0 aromatic heterocycles. The normalized spacial score (nSPS) is 12.7. The number of ether oxygens (including phenoxy) is 1. The standard InChI is InChI=1S/C15H24FNO/c1-4-9-17-15(6-5-10-18-3)13-7-8-14(16)12(2)11-13/h7-8,11,15,17H,4-6,9-10H2,1-3H3. The first-order valence-corrected chi connectivity index (χ1v) is 6.67. The van der Waals surface area contributed by atoms with Gasteiger partial charge in [-0.1, -0.05) is 19.1 Å². The van der Waals surface area contributed by atoms with Crippen LogP contribution >= 0.6 is 0 Å². The van der Waals surface area contributed by atoms with Gasteiger partial charge in [-0.15, -0.1) is 0 Å². The molecule has 0 heterocycles. The molecule has 1 aromatic rings. The van der Waals surface area contributed by atoms with Crippen LogP contribution in [-0.2, 0) is 4.74 Å². The number of nitrogens with one attached hydrogen (secondary N) is 1. The van der Waals surface area contributed by atoms with E-state index in [0.29, 0.717) is 11.6 Å². The third-order valence-electron chi connectivity index (χ3n) is 3.07. The number of halogens is 1. The fourth-order valence-electron chi connectivity index (χ4n) is 2.02. The summed E-state index contributed by atoms with van der Waals surface area (Å²) in [5.74, 6) is -0.134. The average molecular weight is 253 g/mol. The maximum atomic E-state index is 13.3. The van der Waals surface area contributed by atoms with E-state index in [-0.39, 0.29) is 5.82 Å². The Balaban J connectivity index is 2.70. The van der Waals surface area contributed by atoms with Crippen LogP contribution in [-0.4, -0.2) is 20.3 Å². The molecule has 102 valence electrons. The molecule has 0 saturated carbocycles. The highest BCUT2D eigenvalue weighted by Crippen LogP contribution is 2.21. The molecule has 18 heavy (non-hydrogen) atoms. The Morgan fingerprint density at radius 2 is 2.17 bits per heavy atom. The predicted molar refractivity (Wildman–Crippen MR) is 73.3 cm³/mol. The van der Waals surface area contributed by atoms with E-state index in [1.807, 2.05) is 19.1 Å². The van der Waals surface area contributed by atoms with Crippen LogP contribution in [0, 0.1) is 12.7 Å². The molecule has 0 spiro atoms. The lowest BCUT2D eigenvalue weighted by molar-refractivity contribution is 0.188. The summed E-state index contributed by atoms with van der Waals surface area (Å²) in [6.45, 7) is 5.71. The molecule has 1 aromatic carbocycles. The van der Waals surface area contributed by atoms with Crippen LogP contribution in [0.3, 0.4) is 0 Å². The van der Waals surface area contributed by atoms with Crippen LogP contribution in [0.15, 0.2) is 18.2 Å². The van der Waals surface area contributed by atoms with Crippen molar-refractivity contribution in [2.24, 2.45) is 0 Å². The van der Waals surface area contributed by atoms with Gasteiger partial charge in [0.15, 0.2) is 0 Å². The van der Waals surface area contributed by atoms with E-state index in [1.54, 1.807) is 13.2 Å². The van der Waals surface area contributed by atoms with Crippen molar-refractivity contribution in [1.29, 1.82) is 0 Å². The van der Waals surface area contributed by atoms with Gasteiger partial charge in [-0.3, -0.25) is 0 Å². The maximum absolute atomic E-state index is 13.3. The first-order chi connectivity index (χ1) is 8.69. The minimum Gasteiger partial charge on any atom is -0.385 e. The van der Waals surface area contributed by atoms with E-state index in [4.69, 9.17) is 4.74 Å². The molecule has 2 nitrogen and oxygen atoms in total. The molecule has 0 bridgehead atoms. The summed E-state index contributed by atoms with van der Waals surface area (Å²) in [7, 11) is 1.72. The van der Waals surface area contributed by atoms with Gasteiger partial charge in [-0.05, 0) is 49.9 Å². The minimum atomic E-state index is -0.134. The van der Waals surface area contributed by atoms with E-state index in [1.165, 1.54) is 5.56 Å². The van der Waals surface area contributed by atoms with Gasteiger partial charge < -0.3 is 10.1 Å². The lowest BCUT2D eigenvalue weighted by atomic mass is 10.00. The molecular weight excluding hydrogens is 229 g/mol. The molecule has 1 N–H and O–H groups in total. The fourth-order valence-corrected chi connectivity index (χ4v) is 2.02. The van der Waals surface area contributed by atoms with Gasteiger partial charge >= 0.3 is 0 Å². The zero-order chi connectivity index (χ0) is 13.4. The van der Waals surface area contributed by atoms with E-state index in [0.717, 1.165) is 32.4 Å². The molecule has 0 amide bonds. The number of hydrogen-bond acceptors (Lipinski definition) is 2.